The van der Waals surface area contributed by atoms with Gasteiger partial charge >= 0.3 is 5.97 Å². The molecule has 0 fully saturated rings. The van der Waals surface area contributed by atoms with Crippen LogP contribution >= 0.6 is 0 Å². The number of carbonyl (C=O) groups excluding carboxylic acids is 1. The van der Waals surface area contributed by atoms with E-state index in [-0.39, 0.29) is 17.7 Å². The summed E-state index contributed by atoms with van der Waals surface area (Å²) in [5.74, 6) is -2.03. The topological polar surface area (TPSA) is 103 Å². The smallest absolute Gasteiger partial charge is 0.339 e. The van der Waals surface area contributed by atoms with Gasteiger partial charge in [-0.05, 0) is 6.92 Å². The Balaban J connectivity index is 3.28. The maximum absolute atomic E-state index is 11.3. The lowest BCUT2D eigenvalue weighted by Crippen LogP contribution is -2.07. The molecule has 0 saturated carbocycles. The molecule has 0 aliphatic carbocycles. The van der Waals surface area contributed by atoms with Crippen LogP contribution in [0.25, 0.3) is 0 Å². The zero-order valence-electron chi connectivity index (χ0n) is 7.89. The number of pyridine rings is 1. The molecule has 0 spiro atoms. The number of esters is 1. The van der Waals surface area contributed by atoms with E-state index in [1.54, 1.807) is 13.0 Å². The Morgan fingerprint density at radius 1 is 1.67 bits per heavy atom. The summed E-state index contributed by atoms with van der Waals surface area (Å²) in [5, 5.41) is 26.9. The summed E-state index contributed by atoms with van der Waals surface area (Å²) >= 11 is 0. The monoisotopic (exact) mass is 208 g/mol. The Morgan fingerprint density at radius 3 is 2.87 bits per heavy atom. The molecule has 1 aromatic rings. The van der Waals surface area contributed by atoms with E-state index in [0.29, 0.717) is 0 Å². The predicted octanol–water partition coefficient (Wildman–Crippen LogP) is 0.541. The lowest BCUT2D eigenvalue weighted by Gasteiger charge is -2.04. The standard InChI is InChI=1S/C9H8N2O4/c1-2-15-9(14)5-3-7(12)11-8(13)6(5)4-10/h3H,2H2,1H3,(H2,11,12,13). The molecule has 1 aromatic heterocycles. The first kappa shape index (κ1) is 10.8. The number of nitrogens with zero attached hydrogens (tertiary/aromatic N) is 2. The van der Waals surface area contributed by atoms with Crippen molar-refractivity contribution >= 4 is 5.97 Å². The molecular weight excluding hydrogens is 200 g/mol. The number of carbonyl (C=O) groups is 1. The average molecular weight is 208 g/mol. The Kier molecular flexibility index (Phi) is 3.08. The van der Waals surface area contributed by atoms with Gasteiger partial charge in [0.25, 0.3) is 0 Å². The minimum Gasteiger partial charge on any atom is -0.493 e. The van der Waals surface area contributed by atoms with Crippen LogP contribution in [0, 0.1) is 11.3 Å². The van der Waals surface area contributed by atoms with Crippen LogP contribution < -0.4 is 0 Å². The van der Waals surface area contributed by atoms with Crippen LogP contribution in [0.4, 0.5) is 0 Å². The summed E-state index contributed by atoms with van der Waals surface area (Å²) in [5.41, 5.74) is -0.518. The first-order valence-electron chi connectivity index (χ1n) is 4.10. The number of ether oxygens (including phenoxy) is 1. The molecule has 1 heterocycles. The summed E-state index contributed by atoms with van der Waals surface area (Å²) in [7, 11) is 0. The lowest BCUT2D eigenvalue weighted by molar-refractivity contribution is 0.0524. The second-order valence-corrected chi connectivity index (χ2v) is 2.56. The van der Waals surface area contributed by atoms with Crippen LogP contribution in [-0.4, -0.2) is 27.8 Å². The van der Waals surface area contributed by atoms with Crippen molar-refractivity contribution in [3.63, 3.8) is 0 Å². The van der Waals surface area contributed by atoms with Crippen molar-refractivity contribution in [1.82, 2.24) is 4.98 Å². The first-order valence-corrected chi connectivity index (χ1v) is 4.10. The van der Waals surface area contributed by atoms with Crippen molar-refractivity contribution in [2.45, 2.75) is 6.92 Å². The van der Waals surface area contributed by atoms with Gasteiger partial charge in [0.15, 0.2) is 0 Å². The van der Waals surface area contributed by atoms with Crippen LogP contribution in [0.1, 0.15) is 22.8 Å². The molecule has 0 aliphatic rings. The highest BCUT2D eigenvalue weighted by Gasteiger charge is 2.18. The summed E-state index contributed by atoms with van der Waals surface area (Å²) < 4.78 is 4.64. The number of hydrogen-bond acceptors (Lipinski definition) is 6. The largest absolute Gasteiger partial charge is 0.493 e. The van der Waals surface area contributed by atoms with Crippen LogP contribution in [0.3, 0.4) is 0 Å². The van der Waals surface area contributed by atoms with Gasteiger partial charge in [0.2, 0.25) is 11.8 Å². The fraction of sp³-hybridized carbons (Fsp3) is 0.222. The molecule has 0 saturated heterocycles. The number of aromatic nitrogens is 1. The molecule has 6 heteroatoms. The molecule has 0 aromatic carbocycles. The predicted molar refractivity (Wildman–Crippen MR) is 48.2 cm³/mol. The van der Waals surface area contributed by atoms with Gasteiger partial charge in [0, 0.05) is 6.07 Å². The van der Waals surface area contributed by atoms with E-state index in [1.165, 1.54) is 0 Å². The van der Waals surface area contributed by atoms with Crippen LogP contribution in [0.2, 0.25) is 0 Å². The van der Waals surface area contributed by atoms with Gasteiger partial charge in [-0.1, -0.05) is 0 Å². The van der Waals surface area contributed by atoms with Crippen LogP contribution in [-0.2, 0) is 4.74 Å². The number of aromatic hydroxyl groups is 2. The van der Waals surface area contributed by atoms with Gasteiger partial charge in [0.05, 0.1) is 12.2 Å². The van der Waals surface area contributed by atoms with Crippen molar-refractivity contribution in [2.75, 3.05) is 6.61 Å². The highest BCUT2D eigenvalue weighted by atomic mass is 16.5. The fourth-order valence-electron chi connectivity index (χ4n) is 0.998. The SMILES string of the molecule is CCOC(=O)c1cc(O)nc(O)c1C#N. The normalized spacial score (nSPS) is 9.33. The Morgan fingerprint density at radius 2 is 2.33 bits per heavy atom. The maximum Gasteiger partial charge on any atom is 0.339 e. The zero-order chi connectivity index (χ0) is 11.4. The Bertz CT molecular complexity index is 436. The molecule has 15 heavy (non-hydrogen) atoms. The minimum atomic E-state index is -0.790. The van der Waals surface area contributed by atoms with Gasteiger partial charge in [-0.15, -0.1) is 0 Å². The van der Waals surface area contributed by atoms with Crippen molar-refractivity contribution in [3.05, 3.63) is 17.2 Å². The van der Waals surface area contributed by atoms with Crippen LogP contribution in [0.5, 0.6) is 11.8 Å². The highest BCUT2D eigenvalue weighted by Crippen LogP contribution is 2.22. The molecule has 0 atom stereocenters. The van der Waals surface area contributed by atoms with Crippen molar-refractivity contribution in [1.29, 1.82) is 5.26 Å². The van der Waals surface area contributed by atoms with Gasteiger partial charge in [0.1, 0.15) is 11.6 Å². The van der Waals surface area contributed by atoms with Crippen molar-refractivity contribution in [3.8, 4) is 17.8 Å². The van der Waals surface area contributed by atoms with Gasteiger partial charge < -0.3 is 14.9 Å². The number of nitriles is 1. The number of hydrogen-bond donors (Lipinski definition) is 2. The van der Waals surface area contributed by atoms with Crippen molar-refractivity contribution in [2.24, 2.45) is 0 Å². The zero-order valence-corrected chi connectivity index (χ0v) is 7.89. The molecule has 0 radical (unpaired) electrons. The molecule has 0 aliphatic heterocycles. The third-order valence-corrected chi connectivity index (χ3v) is 1.59. The summed E-state index contributed by atoms with van der Waals surface area (Å²) in [6.45, 7) is 1.73. The highest BCUT2D eigenvalue weighted by molar-refractivity contribution is 5.93. The summed E-state index contributed by atoms with van der Waals surface area (Å²) in [6.07, 6.45) is 0. The maximum atomic E-state index is 11.3. The Labute approximate surface area is 85.4 Å². The molecule has 2 N–H and O–H groups in total. The molecule has 0 amide bonds. The second kappa shape index (κ2) is 4.28. The van der Waals surface area contributed by atoms with E-state index in [9.17, 15) is 9.90 Å². The lowest BCUT2D eigenvalue weighted by atomic mass is 10.1. The molecule has 0 unspecified atom stereocenters. The number of rotatable bonds is 2. The quantitative estimate of drug-likeness (QED) is 0.687. The summed E-state index contributed by atoms with van der Waals surface area (Å²) in [6, 6.07) is 2.57. The fourth-order valence-corrected chi connectivity index (χ4v) is 0.998. The third-order valence-electron chi connectivity index (χ3n) is 1.59. The van der Waals surface area contributed by atoms with E-state index in [2.05, 4.69) is 9.72 Å². The van der Waals surface area contributed by atoms with Gasteiger partial charge in [-0.3, -0.25) is 0 Å². The third kappa shape index (κ3) is 2.14. The van der Waals surface area contributed by atoms with E-state index >= 15 is 0 Å². The Hall–Kier alpha value is -2.29. The van der Waals surface area contributed by atoms with E-state index in [0.717, 1.165) is 6.07 Å². The van der Waals surface area contributed by atoms with Gasteiger partial charge in [-0.25, -0.2) is 4.79 Å². The molecular formula is C9H8N2O4. The van der Waals surface area contributed by atoms with E-state index in [1.807, 2.05) is 0 Å². The second-order valence-electron chi connectivity index (χ2n) is 2.56. The molecule has 78 valence electrons. The minimum absolute atomic E-state index is 0.132. The summed E-state index contributed by atoms with van der Waals surface area (Å²) in [4.78, 5) is 14.5. The molecule has 1 rings (SSSR count). The van der Waals surface area contributed by atoms with Gasteiger partial charge in [-0.2, -0.15) is 10.2 Å². The van der Waals surface area contributed by atoms with Crippen molar-refractivity contribution < 1.29 is 19.7 Å². The van der Waals surface area contributed by atoms with E-state index in [4.69, 9.17) is 10.4 Å². The molecule has 0 bridgehead atoms. The molecule has 6 nitrogen and oxygen atoms in total. The van der Waals surface area contributed by atoms with E-state index < -0.39 is 17.7 Å². The van der Waals surface area contributed by atoms with Crippen LogP contribution in [0.15, 0.2) is 6.07 Å². The average Bonchev–Trinajstić information content (AvgIpc) is 2.17. The first-order chi connectivity index (χ1) is 7.10.